The molecule has 0 aromatic carbocycles. The van der Waals surface area contributed by atoms with Crippen LogP contribution in [0.25, 0.3) is 0 Å². The highest BCUT2D eigenvalue weighted by Crippen LogP contribution is 2.32. The van der Waals surface area contributed by atoms with Gasteiger partial charge in [-0.3, -0.25) is 4.79 Å². The van der Waals surface area contributed by atoms with Crippen LogP contribution in [0.5, 0.6) is 0 Å². The lowest BCUT2D eigenvalue weighted by Crippen LogP contribution is -2.47. The number of halogens is 2. The molecule has 1 aliphatic rings. The van der Waals surface area contributed by atoms with Gasteiger partial charge in [0.15, 0.2) is 0 Å². The van der Waals surface area contributed by atoms with Crippen LogP contribution in [0.15, 0.2) is 14.3 Å². The number of amides is 1. The summed E-state index contributed by atoms with van der Waals surface area (Å²) in [4.78, 5) is 15.2. The standard InChI is InChI=1S/C12H16Br2N2OS/c1-2-16-5-3-4-8(7-16)15-12(17)10-6-9(13)11(14)18-10/h6,8H,2-5,7H2,1H3,(H,15,17). The molecule has 1 fully saturated rings. The Labute approximate surface area is 128 Å². The zero-order valence-electron chi connectivity index (χ0n) is 10.2. The van der Waals surface area contributed by atoms with Gasteiger partial charge in [-0.1, -0.05) is 6.92 Å². The highest BCUT2D eigenvalue weighted by molar-refractivity contribution is 9.13. The molecule has 100 valence electrons. The van der Waals surface area contributed by atoms with Crippen molar-refractivity contribution in [2.75, 3.05) is 19.6 Å². The van der Waals surface area contributed by atoms with Crippen molar-refractivity contribution in [3.05, 3.63) is 19.2 Å². The molecule has 0 spiro atoms. The molecule has 1 unspecified atom stereocenters. The number of hydrogen-bond acceptors (Lipinski definition) is 3. The average Bonchev–Trinajstić information content (AvgIpc) is 2.70. The molecule has 1 N–H and O–H groups in total. The molecule has 0 bridgehead atoms. The van der Waals surface area contributed by atoms with Gasteiger partial charge in [0.1, 0.15) is 0 Å². The van der Waals surface area contributed by atoms with E-state index in [0.29, 0.717) is 0 Å². The molecule has 1 aromatic rings. The Kier molecular flexibility index (Phi) is 5.24. The van der Waals surface area contributed by atoms with Crippen molar-refractivity contribution in [2.24, 2.45) is 0 Å². The molecule has 0 saturated carbocycles. The summed E-state index contributed by atoms with van der Waals surface area (Å²) in [6.45, 7) is 5.34. The van der Waals surface area contributed by atoms with Gasteiger partial charge in [0.25, 0.3) is 5.91 Å². The van der Waals surface area contributed by atoms with Crippen LogP contribution in [0.1, 0.15) is 29.4 Å². The Morgan fingerprint density at radius 3 is 3.00 bits per heavy atom. The van der Waals surface area contributed by atoms with Crippen LogP contribution < -0.4 is 5.32 Å². The fraction of sp³-hybridized carbons (Fsp3) is 0.583. The van der Waals surface area contributed by atoms with Crippen LogP contribution >= 0.6 is 43.2 Å². The van der Waals surface area contributed by atoms with E-state index in [0.717, 1.165) is 45.6 Å². The molecular weight excluding hydrogens is 380 g/mol. The number of nitrogens with one attached hydrogen (secondary N) is 1. The molecule has 1 saturated heterocycles. The third-order valence-corrected chi connectivity index (χ3v) is 6.41. The second-order valence-corrected chi connectivity index (χ2v) is 7.66. The van der Waals surface area contributed by atoms with Crippen LogP contribution in [-0.2, 0) is 0 Å². The maximum absolute atomic E-state index is 12.1. The quantitative estimate of drug-likeness (QED) is 0.849. The molecule has 1 atom stereocenters. The van der Waals surface area contributed by atoms with E-state index >= 15 is 0 Å². The number of carbonyl (C=O) groups excluding carboxylic acids is 1. The summed E-state index contributed by atoms with van der Waals surface area (Å²) in [5, 5.41) is 3.13. The van der Waals surface area contributed by atoms with Gasteiger partial charge < -0.3 is 10.2 Å². The van der Waals surface area contributed by atoms with Crippen molar-refractivity contribution < 1.29 is 4.79 Å². The van der Waals surface area contributed by atoms with Gasteiger partial charge in [0.2, 0.25) is 0 Å². The minimum atomic E-state index is 0.0364. The van der Waals surface area contributed by atoms with Crippen molar-refractivity contribution in [2.45, 2.75) is 25.8 Å². The summed E-state index contributed by atoms with van der Waals surface area (Å²) < 4.78 is 1.91. The van der Waals surface area contributed by atoms with Crippen molar-refractivity contribution in [1.82, 2.24) is 10.2 Å². The summed E-state index contributed by atoms with van der Waals surface area (Å²) in [5.74, 6) is 0.0364. The Hall–Kier alpha value is 0.0900. The van der Waals surface area contributed by atoms with E-state index < -0.39 is 0 Å². The Balaban J connectivity index is 1.94. The highest BCUT2D eigenvalue weighted by Gasteiger charge is 2.21. The number of piperidine rings is 1. The van der Waals surface area contributed by atoms with Crippen LogP contribution in [-0.4, -0.2) is 36.5 Å². The number of carbonyl (C=O) groups is 1. The lowest BCUT2D eigenvalue weighted by molar-refractivity contribution is 0.0910. The minimum Gasteiger partial charge on any atom is -0.347 e. The van der Waals surface area contributed by atoms with Gasteiger partial charge in [0, 0.05) is 17.1 Å². The number of likely N-dealkylation sites (tertiary alicyclic amines) is 1. The van der Waals surface area contributed by atoms with E-state index in [1.165, 1.54) is 11.3 Å². The van der Waals surface area contributed by atoms with Crippen LogP contribution in [0.3, 0.4) is 0 Å². The number of likely N-dealkylation sites (N-methyl/N-ethyl adjacent to an activating group) is 1. The second kappa shape index (κ2) is 6.50. The van der Waals surface area contributed by atoms with Gasteiger partial charge in [-0.15, -0.1) is 11.3 Å². The molecule has 1 aromatic heterocycles. The summed E-state index contributed by atoms with van der Waals surface area (Å²) in [6.07, 6.45) is 2.24. The molecule has 0 aliphatic carbocycles. The van der Waals surface area contributed by atoms with Gasteiger partial charge in [0.05, 0.1) is 8.66 Å². The van der Waals surface area contributed by atoms with Gasteiger partial charge >= 0.3 is 0 Å². The SMILES string of the molecule is CCN1CCCC(NC(=O)c2cc(Br)c(Br)s2)C1. The number of thiophene rings is 1. The molecule has 2 rings (SSSR count). The fourth-order valence-electron chi connectivity index (χ4n) is 2.18. The summed E-state index contributed by atoms with van der Waals surface area (Å²) in [6, 6.07) is 2.15. The summed E-state index contributed by atoms with van der Waals surface area (Å²) in [7, 11) is 0. The molecule has 1 amide bonds. The van der Waals surface area contributed by atoms with Crippen LogP contribution in [0.2, 0.25) is 0 Å². The maximum atomic E-state index is 12.1. The normalized spacial score (nSPS) is 20.9. The van der Waals surface area contributed by atoms with Crippen molar-refractivity contribution in [3.8, 4) is 0 Å². The first-order valence-electron chi connectivity index (χ1n) is 6.08. The first-order valence-corrected chi connectivity index (χ1v) is 8.48. The van der Waals surface area contributed by atoms with Gasteiger partial charge in [-0.25, -0.2) is 0 Å². The van der Waals surface area contributed by atoms with Crippen molar-refractivity contribution in [3.63, 3.8) is 0 Å². The minimum absolute atomic E-state index is 0.0364. The summed E-state index contributed by atoms with van der Waals surface area (Å²) >= 11 is 8.28. The number of hydrogen-bond donors (Lipinski definition) is 1. The lowest BCUT2D eigenvalue weighted by atomic mass is 10.1. The van der Waals surface area contributed by atoms with E-state index in [2.05, 4.69) is 49.0 Å². The molecule has 2 heterocycles. The Bertz CT molecular complexity index is 416. The predicted molar refractivity (Wildman–Crippen MR) is 82.3 cm³/mol. The lowest BCUT2D eigenvalue weighted by Gasteiger charge is -2.32. The fourth-order valence-corrected chi connectivity index (χ4v) is 4.11. The third kappa shape index (κ3) is 3.56. The molecule has 3 nitrogen and oxygen atoms in total. The average molecular weight is 396 g/mol. The number of rotatable bonds is 3. The van der Waals surface area contributed by atoms with Crippen molar-refractivity contribution in [1.29, 1.82) is 0 Å². The first-order chi connectivity index (χ1) is 8.60. The Morgan fingerprint density at radius 2 is 2.39 bits per heavy atom. The largest absolute Gasteiger partial charge is 0.347 e. The van der Waals surface area contributed by atoms with E-state index in [1.807, 2.05) is 6.07 Å². The zero-order chi connectivity index (χ0) is 13.1. The monoisotopic (exact) mass is 394 g/mol. The topological polar surface area (TPSA) is 32.3 Å². The number of nitrogens with zero attached hydrogens (tertiary/aromatic N) is 1. The Morgan fingerprint density at radius 1 is 1.61 bits per heavy atom. The highest BCUT2D eigenvalue weighted by atomic mass is 79.9. The van der Waals surface area contributed by atoms with E-state index in [-0.39, 0.29) is 11.9 Å². The smallest absolute Gasteiger partial charge is 0.261 e. The van der Waals surface area contributed by atoms with E-state index in [9.17, 15) is 4.79 Å². The van der Waals surface area contributed by atoms with Crippen molar-refractivity contribution >= 4 is 49.1 Å². The molecule has 6 heteroatoms. The van der Waals surface area contributed by atoms with Gasteiger partial charge in [-0.05, 0) is 63.9 Å². The van der Waals surface area contributed by atoms with E-state index in [4.69, 9.17) is 0 Å². The first kappa shape index (κ1) is 14.5. The van der Waals surface area contributed by atoms with Gasteiger partial charge in [-0.2, -0.15) is 0 Å². The molecular formula is C12H16Br2N2OS. The molecule has 18 heavy (non-hydrogen) atoms. The van der Waals surface area contributed by atoms with Crippen LogP contribution in [0, 0.1) is 0 Å². The van der Waals surface area contributed by atoms with E-state index in [1.54, 1.807) is 0 Å². The zero-order valence-corrected chi connectivity index (χ0v) is 14.2. The molecule has 0 radical (unpaired) electrons. The summed E-state index contributed by atoms with van der Waals surface area (Å²) in [5.41, 5.74) is 0. The van der Waals surface area contributed by atoms with Crippen LogP contribution in [0.4, 0.5) is 0 Å². The third-order valence-electron chi connectivity index (χ3n) is 3.16. The predicted octanol–water partition coefficient (Wildman–Crippen LogP) is 3.49. The maximum Gasteiger partial charge on any atom is 0.261 e. The second-order valence-electron chi connectivity index (χ2n) is 4.44. The molecule has 1 aliphatic heterocycles.